The van der Waals surface area contributed by atoms with Crippen molar-refractivity contribution in [2.75, 3.05) is 23.8 Å². The molecule has 0 aliphatic rings. The Labute approximate surface area is 145 Å². The standard InChI is InChI=1S/C17H18Cl2N2O2/c1-2-9-23-14-6-3-12(4-7-14)21-17(22)11-20-13-5-8-15(18)16(19)10-13/h3-8,10,20H,2,9,11H2,1H3,(H,21,22). The third kappa shape index (κ3) is 5.66. The molecule has 0 spiro atoms. The van der Waals surface area contributed by atoms with Crippen LogP contribution >= 0.6 is 23.2 Å². The molecule has 6 heteroatoms. The van der Waals surface area contributed by atoms with Crippen LogP contribution in [0.1, 0.15) is 13.3 Å². The van der Waals surface area contributed by atoms with Crippen LogP contribution in [0.2, 0.25) is 10.0 Å². The summed E-state index contributed by atoms with van der Waals surface area (Å²) in [6.45, 7) is 2.86. The molecule has 0 aliphatic carbocycles. The first-order valence-corrected chi connectivity index (χ1v) is 8.05. The van der Waals surface area contributed by atoms with Gasteiger partial charge in [-0.15, -0.1) is 0 Å². The van der Waals surface area contributed by atoms with E-state index in [0.29, 0.717) is 16.7 Å². The molecule has 2 rings (SSSR count). The van der Waals surface area contributed by atoms with Gasteiger partial charge in [0.2, 0.25) is 5.91 Å². The quantitative estimate of drug-likeness (QED) is 0.749. The monoisotopic (exact) mass is 352 g/mol. The van der Waals surface area contributed by atoms with Gasteiger partial charge in [0.15, 0.2) is 0 Å². The van der Waals surface area contributed by atoms with Crippen molar-refractivity contribution in [3.63, 3.8) is 0 Å². The van der Waals surface area contributed by atoms with Crippen LogP contribution in [0.25, 0.3) is 0 Å². The fourth-order valence-corrected chi connectivity index (χ4v) is 2.15. The predicted molar refractivity (Wildman–Crippen MR) is 95.8 cm³/mol. The van der Waals surface area contributed by atoms with Gasteiger partial charge in [-0.05, 0) is 48.9 Å². The fourth-order valence-electron chi connectivity index (χ4n) is 1.85. The Morgan fingerprint density at radius 1 is 1.04 bits per heavy atom. The highest BCUT2D eigenvalue weighted by Crippen LogP contribution is 2.24. The van der Waals surface area contributed by atoms with Crippen LogP contribution in [-0.2, 0) is 4.79 Å². The Bertz CT molecular complexity index is 660. The van der Waals surface area contributed by atoms with Gasteiger partial charge in [0, 0.05) is 11.4 Å². The molecule has 0 unspecified atom stereocenters. The van der Waals surface area contributed by atoms with Gasteiger partial charge < -0.3 is 15.4 Å². The molecule has 0 heterocycles. The minimum atomic E-state index is -0.154. The summed E-state index contributed by atoms with van der Waals surface area (Å²) < 4.78 is 5.49. The van der Waals surface area contributed by atoms with Gasteiger partial charge >= 0.3 is 0 Å². The van der Waals surface area contributed by atoms with Crippen molar-refractivity contribution in [3.8, 4) is 5.75 Å². The van der Waals surface area contributed by atoms with Crippen LogP contribution in [0.3, 0.4) is 0 Å². The summed E-state index contributed by atoms with van der Waals surface area (Å²) in [6.07, 6.45) is 0.957. The number of carbonyl (C=O) groups excluding carboxylic acids is 1. The van der Waals surface area contributed by atoms with E-state index in [4.69, 9.17) is 27.9 Å². The van der Waals surface area contributed by atoms with Crippen molar-refractivity contribution in [1.29, 1.82) is 0 Å². The SMILES string of the molecule is CCCOc1ccc(NC(=O)CNc2ccc(Cl)c(Cl)c2)cc1. The Kier molecular flexibility index (Phi) is 6.56. The van der Waals surface area contributed by atoms with E-state index in [9.17, 15) is 4.79 Å². The van der Waals surface area contributed by atoms with Gasteiger partial charge in [0.25, 0.3) is 0 Å². The summed E-state index contributed by atoms with van der Waals surface area (Å²) in [7, 11) is 0. The van der Waals surface area contributed by atoms with Crippen LogP contribution in [-0.4, -0.2) is 19.1 Å². The first-order chi connectivity index (χ1) is 11.1. The topological polar surface area (TPSA) is 50.4 Å². The van der Waals surface area contributed by atoms with Gasteiger partial charge in [-0.1, -0.05) is 30.1 Å². The van der Waals surface area contributed by atoms with Crippen molar-refractivity contribution in [3.05, 3.63) is 52.5 Å². The third-order valence-electron chi connectivity index (χ3n) is 2.98. The summed E-state index contributed by atoms with van der Waals surface area (Å²) in [4.78, 5) is 11.9. The highest BCUT2D eigenvalue weighted by Gasteiger charge is 2.04. The van der Waals surface area contributed by atoms with Gasteiger partial charge in [-0.3, -0.25) is 4.79 Å². The number of rotatable bonds is 7. The first-order valence-electron chi connectivity index (χ1n) is 7.30. The second-order valence-corrected chi connectivity index (χ2v) is 5.72. The zero-order chi connectivity index (χ0) is 16.7. The van der Waals surface area contributed by atoms with Crippen LogP contribution in [0, 0.1) is 0 Å². The first kappa shape index (κ1) is 17.4. The summed E-state index contributed by atoms with van der Waals surface area (Å²) in [6, 6.07) is 12.4. The lowest BCUT2D eigenvalue weighted by Crippen LogP contribution is -2.21. The summed E-state index contributed by atoms with van der Waals surface area (Å²) >= 11 is 11.8. The molecule has 0 bridgehead atoms. The number of nitrogens with one attached hydrogen (secondary N) is 2. The van der Waals surface area contributed by atoms with E-state index in [-0.39, 0.29) is 12.5 Å². The Hall–Kier alpha value is -1.91. The summed E-state index contributed by atoms with van der Waals surface area (Å²) in [5, 5.41) is 6.72. The Balaban J connectivity index is 1.83. The maximum absolute atomic E-state index is 11.9. The lowest BCUT2D eigenvalue weighted by atomic mass is 10.3. The largest absolute Gasteiger partial charge is 0.494 e. The van der Waals surface area contributed by atoms with Gasteiger partial charge in [0.1, 0.15) is 5.75 Å². The number of anilines is 2. The average Bonchev–Trinajstić information content (AvgIpc) is 2.55. The maximum atomic E-state index is 11.9. The number of ether oxygens (including phenoxy) is 1. The molecule has 122 valence electrons. The Morgan fingerprint density at radius 3 is 2.39 bits per heavy atom. The number of hydrogen-bond acceptors (Lipinski definition) is 3. The fraction of sp³-hybridized carbons (Fsp3) is 0.235. The van der Waals surface area contributed by atoms with E-state index in [1.165, 1.54) is 0 Å². The van der Waals surface area contributed by atoms with Crippen molar-refractivity contribution < 1.29 is 9.53 Å². The molecule has 2 aromatic carbocycles. The van der Waals surface area contributed by atoms with Crippen molar-refractivity contribution >= 4 is 40.5 Å². The van der Waals surface area contributed by atoms with Crippen LogP contribution < -0.4 is 15.4 Å². The maximum Gasteiger partial charge on any atom is 0.243 e. The average molecular weight is 353 g/mol. The molecular formula is C17H18Cl2N2O2. The van der Waals surface area contributed by atoms with E-state index in [1.807, 2.05) is 24.3 Å². The van der Waals surface area contributed by atoms with Crippen LogP contribution in [0.4, 0.5) is 11.4 Å². The number of hydrogen-bond donors (Lipinski definition) is 2. The molecule has 1 amide bonds. The smallest absolute Gasteiger partial charge is 0.243 e. The molecule has 23 heavy (non-hydrogen) atoms. The van der Waals surface area contributed by atoms with E-state index in [0.717, 1.165) is 23.5 Å². The van der Waals surface area contributed by atoms with E-state index >= 15 is 0 Å². The van der Waals surface area contributed by atoms with Gasteiger partial charge in [-0.2, -0.15) is 0 Å². The molecular weight excluding hydrogens is 335 g/mol. The molecule has 4 nitrogen and oxygen atoms in total. The molecule has 0 saturated heterocycles. The summed E-state index contributed by atoms with van der Waals surface area (Å²) in [5.74, 6) is 0.636. The molecule has 0 atom stereocenters. The highest BCUT2D eigenvalue weighted by atomic mass is 35.5. The highest BCUT2D eigenvalue weighted by molar-refractivity contribution is 6.42. The normalized spacial score (nSPS) is 10.2. The predicted octanol–water partition coefficient (Wildman–Crippen LogP) is 4.83. The van der Waals surface area contributed by atoms with E-state index < -0.39 is 0 Å². The summed E-state index contributed by atoms with van der Waals surface area (Å²) in [5.41, 5.74) is 1.45. The van der Waals surface area contributed by atoms with Gasteiger partial charge in [-0.25, -0.2) is 0 Å². The van der Waals surface area contributed by atoms with Crippen molar-refractivity contribution in [2.45, 2.75) is 13.3 Å². The molecule has 0 radical (unpaired) electrons. The molecule has 0 aromatic heterocycles. The molecule has 2 N–H and O–H groups in total. The lowest BCUT2D eigenvalue weighted by Gasteiger charge is -2.09. The van der Waals surface area contributed by atoms with Gasteiger partial charge in [0.05, 0.1) is 23.2 Å². The number of halogens is 2. The number of carbonyl (C=O) groups is 1. The second-order valence-electron chi connectivity index (χ2n) is 4.90. The number of benzene rings is 2. The second kappa shape index (κ2) is 8.65. The van der Waals surface area contributed by atoms with Crippen molar-refractivity contribution in [1.82, 2.24) is 0 Å². The molecule has 0 aliphatic heterocycles. The minimum absolute atomic E-state index is 0.131. The minimum Gasteiger partial charge on any atom is -0.494 e. The number of amides is 1. The molecule has 0 saturated carbocycles. The zero-order valence-electron chi connectivity index (χ0n) is 12.7. The lowest BCUT2D eigenvalue weighted by molar-refractivity contribution is -0.114. The zero-order valence-corrected chi connectivity index (χ0v) is 14.2. The van der Waals surface area contributed by atoms with Crippen LogP contribution in [0.15, 0.2) is 42.5 Å². The van der Waals surface area contributed by atoms with Crippen molar-refractivity contribution in [2.24, 2.45) is 0 Å². The van der Waals surface area contributed by atoms with E-state index in [1.54, 1.807) is 18.2 Å². The third-order valence-corrected chi connectivity index (χ3v) is 3.72. The van der Waals surface area contributed by atoms with Crippen LogP contribution in [0.5, 0.6) is 5.75 Å². The Morgan fingerprint density at radius 2 is 1.74 bits per heavy atom. The van der Waals surface area contributed by atoms with E-state index in [2.05, 4.69) is 17.6 Å². The molecule has 0 fully saturated rings. The molecule has 2 aromatic rings.